The molecule has 2 nitrogen and oxygen atoms in total. The van der Waals surface area contributed by atoms with Crippen molar-refractivity contribution in [2.24, 2.45) is 5.92 Å². The molecule has 0 spiro atoms. The van der Waals surface area contributed by atoms with Gasteiger partial charge in [0.1, 0.15) is 0 Å². The smallest absolute Gasteiger partial charge is 0.333 e. The van der Waals surface area contributed by atoms with Gasteiger partial charge in [0.05, 0.1) is 6.61 Å². The average Bonchev–Trinajstić information content (AvgIpc) is 2.29. The summed E-state index contributed by atoms with van der Waals surface area (Å²) in [5.41, 5.74) is 0.604. The van der Waals surface area contributed by atoms with Crippen molar-refractivity contribution in [3.63, 3.8) is 0 Å². The molecule has 0 rings (SSSR count). The SMILES string of the molecule is C=C(CCC)C(=O)OCC(CC)CCCC. The maximum Gasteiger partial charge on any atom is 0.333 e. The zero-order chi connectivity index (χ0) is 12.4. The van der Waals surface area contributed by atoms with Gasteiger partial charge in [0.2, 0.25) is 0 Å². The standard InChI is InChI=1S/C14H26O2/c1-5-8-10-13(7-3)11-16-14(15)12(4)9-6-2/h13H,4-11H2,1-3H3. The van der Waals surface area contributed by atoms with E-state index in [1.54, 1.807) is 0 Å². The Balaban J connectivity index is 3.82. The van der Waals surface area contributed by atoms with Gasteiger partial charge in [-0.2, -0.15) is 0 Å². The van der Waals surface area contributed by atoms with Crippen LogP contribution >= 0.6 is 0 Å². The van der Waals surface area contributed by atoms with Gasteiger partial charge in [0, 0.05) is 5.57 Å². The minimum absolute atomic E-state index is 0.211. The zero-order valence-electron chi connectivity index (χ0n) is 11.1. The Kier molecular flexibility index (Phi) is 8.97. The lowest BCUT2D eigenvalue weighted by Gasteiger charge is -2.15. The van der Waals surface area contributed by atoms with Gasteiger partial charge in [0.15, 0.2) is 0 Å². The second-order valence-electron chi connectivity index (χ2n) is 4.37. The van der Waals surface area contributed by atoms with Gasteiger partial charge < -0.3 is 4.74 Å². The molecule has 16 heavy (non-hydrogen) atoms. The van der Waals surface area contributed by atoms with Crippen LogP contribution in [-0.2, 0) is 9.53 Å². The maximum absolute atomic E-state index is 11.5. The highest BCUT2D eigenvalue weighted by atomic mass is 16.5. The topological polar surface area (TPSA) is 26.3 Å². The summed E-state index contributed by atoms with van der Waals surface area (Å²) in [6.45, 7) is 10.7. The number of esters is 1. The van der Waals surface area contributed by atoms with E-state index in [0.29, 0.717) is 18.1 Å². The van der Waals surface area contributed by atoms with Crippen molar-refractivity contribution in [3.05, 3.63) is 12.2 Å². The molecule has 0 bridgehead atoms. The molecule has 0 aliphatic heterocycles. The summed E-state index contributed by atoms with van der Waals surface area (Å²) in [6, 6.07) is 0. The zero-order valence-corrected chi connectivity index (χ0v) is 11.1. The number of hydrogen-bond acceptors (Lipinski definition) is 2. The van der Waals surface area contributed by atoms with Crippen LogP contribution in [0.2, 0.25) is 0 Å². The van der Waals surface area contributed by atoms with E-state index in [1.165, 1.54) is 12.8 Å². The van der Waals surface area contributed by atoms with Gasteiger partial charge in [-0.15, -0.1) is 0 Å². The number of hydrogen-bond donors (Lipinski definition) is 0. The molecule has 0 radical (unpaired) electrons. The van der Waals surface area contributed by atoms with E-state index >= 15 is 0 Å². The third kappa shape index (κ3) is 6.65. The van der Waals surface area contributed by atoms with E-state index in [0.717, 1.165) is 25.7 Å². The van der Waals surface area contributed by atoms with Gasteiger partial charge in [-0.25, -0.2) is 4.79 Å². The first kappa shape index (κ1) is 15.2. The molecular formula is C14H26O2. The molecule has 0 aliphatic rings. The van der Waals surface area contributed by atoms with Crippen LogP contribution in [0, 0.1) is 5.92 Å². The predicted octanol–water partition coefficient (Wildman–Crippen LogP) is 4.10. The third-order valence-electron chi connectivity index (χ3n) is 2.83. The number of carbonyl (C=O) groups is 1. The first-order valence-corrected chi connectivity index (χ1v) is 6.50. The molecule has 94 valence electrons. The molecule has 2 heteroatoms. The molecule has 0 N–H and O–H groups in total. The van der Waals surface area contributed by atoms with E-state index in [-0.39, 0.29) is 5.97 Å². The molecule has 0 aromatic rings. The van der Waals surface area contributed by atoms with Crippen molar-refractivity contribution in [1.82, 2.24) is 0 Å². The van der Waals surface area contributed by atoms with Gasteiger partial charge in [-0.1, -0.05) is 53.0 Å². The molecule has 0 aromatic carbocycles. The molecule has 0 fully saturated rings. The number of carbonyl (C=O) groups excluding carboxylic acids is 1. The number of ether oxygens (including phenoxy) is 1. The lowest BCUT2D eigenvalue weighted by Crippen LogP contribution is -2.15. The van der Waals surface area contributed by atoms with Gasteiger partial charge in [-0.3, -0.25) is 0 Å². The lowest BCUT2D eigenvalue weighted by molar-refractivity contribution is -0.140. The Morgan fingerprint density at radius 1 is 1.25 bits per heavy atom. The van der Waals surface area contributed by atoms with Gasteiger partial charge in [-0.05, 0) is 18.8 Å². The maximum atomic E-state index is 11.5. The monoisotopic (exact) mass is 226 g/mol. The van der Waals surface area contributed by atoms with E-state index in [1.807, 2.05) is 6.92 Å². The minimum atomic E-state index is -0.211. The Bertz CT molecular complexity index is 209. The van der Waals surface area contributed by atoms with Gasteiger partial charge in [0.25, 0.3) is 0 Å². The fourth-order valence-corrected chi connectivity index (χ4v) is 1.60. The van der Waals surface area contributed by atoms with Crippen molar-refractivity contribution in [1.29, 1.82) is 0 Å². The molecule has 0 aliphatic carbocycles. The molecular weight excluding hydrogens is 200 g/mol. The second-order valence-corrected chi connectivity index (χ2v) is 4.37. The van der Waals surface area contributed by atoms with Crippen LogP contribution in [-0.4, -0.2) is 12.6 Å². The normalized spacial score (nSPS) is 12.2. The summed E-state index contributed by atoms with van der Waals surface area (Å²) >= 11 is 0. The summed E-state index contributed by atoms with van der Waals surface area (Å²) in [5, 5.41) is 0. The fraction of sp³-hybridized carbons (Fsp3) is 0.786. The Labute approximate surface area is 100 Å². The van der Waals surface area contributed by atoms with Crippen LogP contribution < -0.4 is 0 Å². The quantitative estimate of drug-likeness (QED) is 0.437. The molecule has 0 saturated carbocycles. The molecule has 0 amide bonds. The number of rotatable bonds is 9. The summed E-state index contributed by atoms with van der Waals surface area (Å²) in [6.07, 6.45) is 6.33. The van der Waals surface area contributed by atoms with Crippen molar-refractivity contribution in [2.75, 3.05) is 6.61 Å². The molecule has 1 unspecified atom stereocenters. The van der Waals surface area contributed by atoms with Crippen LogP contribution in [0.15, 0.2) is 12.2 Å². The summed E-state index contributed by atoms with van der Waals surface area (Å²) in [4.78, 5) is 11.5. The number of unbranched alkanes of at least 4 members (excludes halogenated alkanes) is 1. The van der Waals surface area contributed by atoms with E-state index in [4.69, 9.17) is 4.74 Å². The highest BCUT2D eigenvalue weighted by Gasteiger charge is 2.11. The van der Waals surface area contributed by atoms with Crippen LogP contribution in [0.3, 0.4) is 0 Å². The first-order chi connectivity index (χ1) is 7.65. The summed E-state index contributed by atoms with van der Waals surface area (Å²) in [7, 11) is 0. The minimum Gasteiger partial charge on any atom is -0.462 e. The average molecular weight is 226 g/mol. The van der Waals surface area contributed by atoms with E-state index in [9.17, 15) is 4.79 Å². The van der Waals surface area contributed by atoms with Gasteiger partial charge >= 0.3 is 5.97 Å². The Morgan fingerprint density at radius 3 is 2.44 bits per heavy atom. The second kappa shape index (κ2) is 9.44. The van der Waals surface area contributed by atoms with Crippen LogP contribution in [0.4, 0.5) is 0 Å². The summed E-state index contributed by atoms with van der Waals surface area (Å²) in [5.74, 6) is 0.301. The predicted molar refractivity (Wildman–Crippen MR) is 68.3 cm³/mol. The van der Waals surface area contributed by atoms with Crippen LogP contribution in [0.25, 0.3) is 0 Å². The highest BCUT2D eigenvalue weighted by molar-refractivity contribution is 5.87. The Morgan fingerprint density at radius 2 is 1.94 bits per heavy atom. The van der Waals surface area contributed by atoms with Crippen molar-refractivity contribution in [3.8, 4) is 0 Å². The lowest BCUT2D eigenvalue weighted by atomic mass is 10.0. The molecule has 0 saturated heterocycles. The van der Waals surface area contributed by atoms with E-state index < -0.39 is 0 Å². The largest absolute Gasteiger partial charge is 0.462 e. The van der Waals surface area contributed by atoms with Crippen molar-refractivity contribution < 1.29 is 9.53 Å². The first-order valence-electron chi connectivity index (χ1n) is 6.50. The highest BCUT2D eigenvalue weighted by Crippen LogP contribution is 2.14. The van der Waals surface area contributed by atoms with Crippen molar-refractivity contribution in [2.45, 2.75) is 59.3 Å². The van der Waals surface area contributed by atoms with Crippen LogP contribution in [0.5, 0.6) is 0 Å². The van der Waals surface area contributed by atoms with E-state index in [2.05, 4.69) is 20.4 Å². The molecule has 0 heterocycles. The van der Waals surface area contributed by atoms with Crippen LogP contribution in [0.1, 0.15) is 59.3 Å². The summed E-state index contributed by atoms with van der Waals surface area (Å²) < 4.78 is 5.27. The third-order valence-corrected chi connectivity index (χ3v) is 2.83. The van der Waals surface area contributed by atoms with Crippen molar-refractivity contribution >= 4 is 5.97 Å². The molecule has 0 aromatic heterocycles. The fourth-order valence-electron chi connectivity index (χ4n) is 1.60. The molecule has 1 atom stereocenters. The Hall–Kier alpha value is -0.790.